The van der Waals surface area contributed by atoms with Crippen LogP contribution < -0.4 is 5.73 Å². The van der Waals surface area contributed by atoms with Crippen LogP contribution in [0.3, 0.4) is 0 Å². The number of fused-ring (bicyclic) bond motifs is 2. The van der Waals surface area contributed by atoms with Crippen LogP contribution in [0.25, 0.3) is 28.1 Å². The van der Waals surface area contributed by atoms with E-state index in [0.717, 1.165) is 0 Å². The number of pyridine rings is 2. The van der Waals surface area contributed by atoms with Crippen molar-refractivity contribution in [2.75, 3.05) is 13.1 Å². The van der Waals surface area contributed by atoms with Crippen LogP contribution in [0.1, 0.15) is 23.6 Å². The molecule has 0 unspecified atom stereocenters. The molecule has 3 aromatic heterocycles. The number of nitrogens with zero attached hydrogens (tertiary/aromatic N) is 5. The Labute approximate surface area is 205 Å². The van der Waals surface area contributed by atoms with E-state index in [4.69, 9.17) is 5.73 Å². The van der Waals surface area contributed by atoms with E-state index in [9.17, 15) is 17.6 Å². The number of aryl methyl sites for hydroxylation is 1. The number of halogens is 6. The first kappa shape index (κ1) is 26.1. The van der Waals surface area contributed by atoms with Gasteiger partial charge < -0.3 is 5.73 Å². The van der Waals surface area contributed by atoms with Gasteiger partial charge in [-0.15, -0.1) is 35.0 Å². The maximum Gasteiger partial charge on any atom is 0.408 e. The molecule has 12 heteroatoms. The molecule has 6 nitrogen and oxygen atoms in total. The lowest BCUT2D eigenvalue weighted by atomic mass is 10.1. The van der Waals surface area contributed by atoms with E-state index < -0.39 is 12.2 Å². The van der Waals surface area contributed by atoms with Crippen molar-refractivity contribution in [2.24, 2.45) is 5.73 Å². The maximum absolute atomic E-state index is 14.0. The number of rotatable bonds is 3. The number of hydrogen-bond acceptors (Lipinski definition) is 5. The first-order valence-corrected chi connectivity index (χ1v) is 10.2. The second kappa shape index (κ2) is 9.61. The lowest BCUT2D eigenvalue weighted by Gasteiger charge is -2.30. The lowest BCUT2D eigenvalue weighted by molar-refractivity contribution is -0.183. The number of aromatic nitrogens is 4. The molecule has 182 valence electrons. The zero-order valence-corrected chi connectivity index (χ0v) is 19.6. The number of benzene rings is 1. The molecule has 1 aromatic carbocycles. The first-order valence-electron chi connectivity index (χ1n) is 10.2. The van der Waals surface area contributed by atoms with Gasteiger partial charge in [0.1, 0.15) is 17.6 Å². The van der Waals surface area contributed by atoms with Crippen LogP contribution in [0.4, 0.5) is 17.6 Å². The Hall–Kier alpha value is -2.53. The van der Waals surface area contributed by atoms with Crippen LogP contribution in [0.15, 0.2) is 42.6 Å². The molecule has 1 aliphatic heterocycles. The maximum atomic E-state index is 14.0. The second-order valence-corrected chi connectivity index (χ2v) is 8.19. The standard InChI is InChI=1S/C22H20F4N6.2ClH/c1-12-8-15(23)9-13-2-4-17(28-19(12)13)21-30-29-18-5-3-14(10-32(18)21)20(22(24,25)26)31-7-6-16(27)11-31;;/h2-5,8-10,16,20H,6-7,11,27H2,1H3;2*1H/t16-,20+;;/m0../s1. The van der Waals surface area contributed by atoms with Crippen LogP contribution in [0.5, 0.6) is 0 Å². The molecule has 1 saturated heterocycles. The molecular weight excluding hydrogens is 495 g/mol. The number of likely N-dealkylation sites (tertiary alicyclic amines) is 1. The van der Waals surface area contributed by atoms with Gasteiger partial charge in [0.05, 0.1) is 5.52 Å². The highest BCUT2D eigenvalue weighted by Gasteiger charge is 2.46. The fourth-order valence-electron chi connectivity index (χ4n) is 4.39. The average Bonchev–Trinajstić information content (AvgIpc) is 3.33. The van der Waals surface area contributed by atoms with Crippen molar-refractivity contribution < 1.29 is 17.6 Å². The second-order valence-electron chi connectivity index (χ2n) is 8.19. The number of nitrogens with two attached hydrogens (primary N) is 1. The molecule has 0 saturated carbocycles. The van der Waals surface area contributed by atoms with Crippen molar-refractivity contribution in [3.8, 4) is 11.5 Å². The van der Waals surface area contributed by atoms with Gasteiger partial charge >= 0.3 is 6.18 Å². The molecule has 34 heavy (non-hydrogen) atoms. The third kappa shape index (κ3) is 4.68. The van der Waals surface area contributed by atoms with Crippen LogP contribution in [-0.2, 0) is 0 Å². The smallest absolute Gasteiger partial charge is 0.326 e. The summed E-state index contributed by atoms with van der Waals surface area (Å²) in [5.74, 6) is -0.0477. The summed E-state index contributed by atoms with van der Waals surface area (Å²) in [6.07, 6.45) is -2.53. The van der Waals surface area contributed by atoms with E-state index in [0.29, 0.717) is 40.1 Å². The predicted octanol–water partition coefficient (Wildman–Crippen LogP) is 4.87. The summed E-state index contributed by atoms with van der Waals surface area (Å²) < 4.78 is 57.3. The minimum absolute atomic E-state index is 0. The summed E-state index contributed by atoms with van der Waals surface area (Å²) in [5.41, 5.74) is 8.02. The first-order chi connectivity index (χ1) is 15.2. The summed E-state index contributed by atoms with van der Waals surface area (Å²) in [7, 11) is 0. The Morgan fingerprint density at radius 2 is 1.85 bits per heavy atom. The van der Waals surface area contributed by atoms with E-state index in [1.54, 1.807) is 19.1 Å². The van der Waals surface area contributed by atoms with E-state index in [2.05, 4.69) is 15.2 Å². The quantitative estimate of drug-likeness (QED) is 0.393. The summed E-state index contributed by atoms with van der Waals surface area (Å²) in [6, 6.07) is 7.03. The highest BCUT2D eigenvalue weighted by Crippen LogP contribution is 2.39. The molecular formula is C22H22Cl2F4N6. The predicted molar refractivity (Wildman–Crippen MR) is 126 cm³/mol. The minimum atomic E-state index is -4.46. The summed E-state index contributed by atoms with van der Waals surface area (Å²) in [4.78, 5) is 5.94. The van der Waals surface area contributed by atoms with Gasteiger partial charge in [0.15, 0.2) is 11.5 Å². The third-order valence-corrected chi connectivity index (χ3v) is 5.85. The molecule has 5 rings (SSSR count). The topological polar surface area (TPSA) is 72.3 Å². The molecule has 2 atom stereocenters. The summed E-state index contributed by atoms with van der Waals surface area (Å²) in [6.45, 7) is 2.21. The zero-order chi connectivity index (χ0) is 22.6. The highest BCUT2D eigenvalue weighted by molar-refractivity contribution is 5.86. The molecule has 0 amide bonds. The van der Waals surface area contributed by atoms with Gasteiger partial charge in [-0.3, -0.25) is 9.30 Å². The van der Waals surface area contributed by atoms with Crippen molar-refractivity contribution >= 4 is 41.4 Å². The Balaban J connectivity index is 0.00000162. The highest BCUT2D eigenvalue weighted by atomic mass is 35.5. The third-order valence-electron chi connectivity index (χ3n) is 5.85. The Kier molecular flexibility index (Phi) is 7.37. The van der Waals surface area contributed by atoms with E-state index >= 15 is 0 Å². The van der Waals surface area contributed by atoms with Crippen molar-refractivity contribution in [2.45, 2.75) is 31.6 Å². The van der Waals surface area contributed by atoms with Crippen molar-refractivity contribution in [1.82, 2.24) is 24.5 Å². The Morgan fingerprint density at radius 3 is 2.53 bits per heavy atom. The van der Waals surface area contributed by atoms with Gasteiger partial charge in [-0.1, -0.05) is 12.1 Å². The Morgan fingerprint density at radius 1 is 1.09 bits per heavy atom. The molecule has 2 N–H and O–H groups in total. The van der Waals surface area contributed by atoms with Gasteiger partial charge in [0, 0.05) is 30.7 Å². The van der Waals surface area contributed by atoms with E-state index in [-0.39, 0.29) is 55.3 Å². The molecule has 0 bridgehead atoms. The fourth-order valence-corrected chi connectivity index (χ4v) is 4.39. The van der Waals surface area contributed by atoms with E-state index in [1.807, 2.05) is 0 Å². The largest absolute Gasteiger partial charge is 0.408 e. The van der Waals surface area contributed by atoms with E-state index in [1.165, 1.54) is 39.8 Å². The molecule has 0 aliphatic carbocycles. The SMILES string of the molecule is Cc1cc(F)cc2ccc(-c3nnc4ccc([C@@H](N5CC[C@H](N)C5)C(F)(F)F)cn34)nc12.Cl.Cl. The fraction of sp³-hybridized carbons (Fsp3) is 0.318. The molecule has 1 aliphatic rings. The lowest BCUT2D eigenvalue weighted by Crippen LogP contribution is -2.38. The van der Waals surface area contributed by atoms with Crippen LogP contribution in [0.2, 0.25) is 0 Å². The van der Waals surface area contributed by atoms with Crippen LogP contribution >= 0.6 is 24.8 Å². The summed E-state index contributed by atoms with van der Waals surface area (Å²) >= 11 is 0. The van der Waals surface area contributed by atoms with Gasteiger partial charge in [-0.05, 0) is 48.7 Å². The summed E-state index contributed by atoms with van der Waals surface area (Å²) in [5, 5.41) is 8.86. The molecule has 0 radical (unpaired) electrons. The molecule has 1 fully saturated rings. The normalized spacial score (nSPS) is 17.5. The van der Waals surface area contributed by atoms with Gasteiger partial charge in [0.25, 0.3) is 0 Å². The Bertz CT molecular complexity index is 1330. The molecule has 0 spiro atoms. The van der Waals surface area contributed by atoms with Crippen molar-refractivity contribution in [1.29, 1.82) is 0 Å². The van der Waals surface area contributed by atoms with Gasteiger partial charge in [0.2, 0.25) is 0 Å². The van der Waals surface area contributed by atoms with Crippen molar-refractivity contribution in [3.05, 3.63) is 59.5 Å². The molecule has 4 heterocycles. The average molecular weight is 517 g/mol. The van der Waals surface area contributed by atoms with Gasteiger partial charge in [-0.2, -0.15) is 13.2 Å². The van der Waals surface area contributed by atoms with Gasteiger partial charge in [-0.25, -0.2) is 9.37 Å². The zero-order valence-electron chi connectivity index (χ0n) is 18.0. The van der Waals surface area contributed by atoms with Crippen LogP contribution in [-0.4, -0.2) is 49.8 Å². The number of hydrogen-bond donors (Lipinski definition) is 1. The minimum Gasteiger partial charge on any atom is -0.326 e. The van der Waals surface area contributed by atoms with Crippen LogP contribution in [0, 0.1) is 12.7 Å². The molecule has 4 aromatic rings. The number of alkyl halides is 3. The van der Waals surface area contributed by atoms with Crippen molar-refractivity contribution in [3.63, 3.8) is 0 Å². The monoisotopic (exact) mass is 516 g/mol.